The van der Waals surface area contributed by atoms with Gasteiger partial charge in [-0.2, -0.15) is 10.5 Å². The van der Waals surface area contributed by atoms with Crippen molar-refractivity contribution in [1.29, 1.82) is 10.5 Å². The second-order valence-electron chi connectivity index (χ2n) is 12.5. The van der Waals surface area contributed by atoms with E-state index in [1.165, 1.54) is 30.5 Å². The zero-order valence-corrected chi connectivity index (χ0v) is 22.2. The number of hydrogen-bond donors (Lipinski definition) is 0. The molecule has 35 heavy (non-hydrogen) atoms. The SMILES string of the molecule is CC(C)(C)C1=CC(=C(C#N)C#N)C=C(C=Cc2ccc3c(c2)C(C)(C)CN2CCCC(C)(C)C32)O1. The maximum absolute atomic E-state index is 9.39. The topological polar surface area (TPSA) is 60.0 Å². The highest BCUT2D eigenvalue weighted by Crippen LogP contribution is 2.51. The number of nitrogens with zero attached hydrogens (tertiary/aromatic N) is 3. The second-order valence-corrected chi connectivity index (χ2v) is 12.5. The molecule has 1 saturated heterocycles. The summed E-state index contributed by atoms with van der Waals surface area (Å²) in [6.45, 7) is 18.0. The molecule has 4 heteroatoms. The fourth-order valence-electron chi connectivity index (χ4n) is 5.83. The van der Waals surface area contributed by atoms with Crippen LogP contribution in [0, 0.1) is 33.5 Å². The van der Waals surface area contributed by atoms with Gasteiger partial charge in [-0.15, -0.1) is 0 Å². The van der Waals surface area contributed by atoms with Crippen LogP contribution in [-0.2, 0) is 10.2 Å². The number of hydrogen-bond acceptors (Lipinski definition) is 4. The molecule has 0 spiro atoms. The van der Waals surface area contributed by atoms with Gasteiger partial charge in [0.15, 0.2) is 0 Å². The summed E-state index contributed by atoms with van der Waals surface area (Å²) >= 11 is 0. The van der Waals surface area contributed by atoms with Gasteiger partial charge in [0.2, 0.25) is 0 Å². The Morgan fingerprint density at radius 2 is 1.80 bits per heavy atom. The van der Waals surface area contributed by atoms with Gasteiger partial charge in [0.25, 0.3) is 0 Å². The summed E-state index contributed by atoms with van der Waals surface area (Å²) in [5.74, 6) is 1.37. The van der Waals surface area contributed by atoms with Crippen LogP contribution in [0.4, 0.5) is 0 Å². The zero-order valence-electron chi connectivity index (χ0n) is 22.2. The molecule has 0 amide bonds. The van der Waals surface area contributed by atoms with Crippen molar-refractivity contribution in [2.75, 3.05) is 13.1 Å². The van der Waals surface area contributed by atoms with E-state index in [4.69, 9.17) is 4.74 Å². The number of piperidine rings is 1. The molecule has 1 atom stereocenters. The summed E-state index contributed by atoms with van der Waals surface area (Å²) in [5.41, 5.74) is 4.81. The normalized spacial score (nSPS) is 23.2. The van der Waals surface area contributed by atoms with Gasteiger partial charge < -0.3 is 4.74 Å². The highest BCUT2D eigenvalue weighted by Gasteiger charge is 2.46. The van der Waals surface area contributed by atoms with Crippen molar-refractivity contribution < 1.29 is 4.74 Å². The first-order chi connectivity index (χ1) is 16.4. The first-order valence-electron chi connectivity index (χ1n) is 12.6. The van der Waals surface area contributed by atoms with Crippen LogP contribution in [0.2, 0.25) is 0 Å². The van der Waals surface area contributed by atoms with Gasteiger partial charge in [-0.05, 0) is 59.7 Å². The molecule has 1 aromatic rings. The monoisotopic (exact) mass is 467 g/mol. The van der Waals surface area contributed by atoms with Crippen LogP contribution in [0.3, 0.4) is 0 Å². The summed E-state index contributed by atoms with van der Waals surface area (Å²) in [4.78, 5) is 2.69. The Labute approximate surface area is 210 Å². The van der Waals surface area contributed by atoms with E-state index in [1.807, 2.05) is 18.2 Å². The number of ether oxygens (including phenoxy) is 1. The number of benzene rings is 1. The minimum absolute atomic E-state index is 0.0796. The molecule has 3 aliphatic rings. The third-order valence-corrected chi connectivity index (χ3v) is 7.57. The average Bonchev–Trinajstić information content (AvgIpc) is 2.77. The van der Waals surface area contributed by atoms with E-state index in [1.54, 1.807) is 12.2 Å². The first-order valence-corrected chi connectivity index (χ1v) is 12.6. The van der Waals surface area contributed by atoms with E-state index in [0.29, 0.717) is 17.4 Å². The Balaban J connectivity index is 1.70. The summed E-state index contributed by atoms with van der Waals surface area (Å²) in [7, 11) is 0. The molecule has 4 rings (SSSR count). The van der Waals surface area contributed by atoms with Crippen molar-refractivity contribution in [1.82, 2.24) is 4.90 Å². The predicted molar refractivity (Wildman–Crippen MR) is 141 cm³/mol. The van der Waals surface area contributed by atoms with Gasteiger partial charge in [-0.1, -0.05) is 72.7 Å². The van der Waals surface area contributed by atoms with Crippen molar-refractivity contribution in [2.45, 2.75) is 72.8 Å². The fourth-order valence-corrected chi connectivity index (χ4v) is 5.83. The van der Waals surface area contributed by atoms with Crippen LogP contribution < -0.4 is 0 Å². The highest BCUT2D eigenvalue weighted by atomic mass is 16.5. The largest absolute Gasteiger partial charge is 0.461 e. The first kappa shape index (κ1) is 25.0. The molecule has 0 saturated carbocycles. The Hall–Kier alpha value is -3.08. The third-order valence-electron chi connectivity index (χ3n) is 7.57. The molecule has 182 valence electrons. The van der Waals surface area contributed by atoms with E-state index < -0.39 is 0 Å². The molecular formula is C31H37N3O. The van der Waals surface area contributed by atoms with Crippen LogP contribution in [0.1, 0.15) is 84.0 Å². The zero-order chi connectivity index (χ0) is 25.6. The third kappa shape index (κ3) is 4.86. The van der Waals surface area contributed by atoms with Crippen molar-refractivity contribution in [3.05, 3.63) is 75.8 Å². The lowest BCUT2D eigenvalue weighted by Gasteiger charge is -2.54. The fraction of sp³-hybridized carbons (Fsp3) is 0.484. The van der Waals surface area contributed by atoms with Crippen molar-refractivity contribution in [3.8, 4) is 12.1 Å². The van der Waals surface area contributed by atoms with Crippen molar-refractivity contribution >= 4 is 6.08 Å². The second kappa shape index (κ2) is 8.85. The highest BCUT2D eigenvalue weighted by molar-refractivity contribution is 5.59. The van der Waals surface area contributed by atoms with E-state index in [9.17, 15) is 10.5 Å². The van der Waals surface area contributed by atoms with Gasteiger partial charge >= 0.3 is 0 Å². The van der Waals surface area contributed by atoms with Crippen LogP contribution in [0.15, 0.2) is 59.1 Å². The Kier molecular flexibility index (Phi) is 6.33. The molecule has 0 aromatic heterocycles. The van der Waals surface area contributed by atoms with Crippen LogP contribution in [-0.4, -0.2) is 18.0 Å². The predicted octanol–water partition coefficient (Wildman–Crippen LogP) is 7.34. The number of nitriles is 2. The number of rotatable bonds is 2. The molecule has 0 N–H and O–H groups in total. The van der Waals surface area contributed by atoms with Gasteiger partial charge in [-0.25, -0.2) is 0 Å². The molecule has 0 radical (unpaired) electrons. The maximum Gasteiger partial charge on any atom is 0.137 e. The molecule has 1 unspecified atom stereocenters. The Bertz CT molecular complexity index is 1220. The molecule has 0 aliphatic carbocycles. The molecule has 4 nitrogen and oxygen atoms in total. The molecule has 3 heterocycles. The molecule has 3 aliphatic heterocycles. The van der Waals surface area contributed by atoms with Crippen LogP contribution in [0.25, 0.3) is 6.08 Å². The van der Waals surface area contributed by atoms with Crippen molar-refractivity contribution in [3.63, 3.8) is 0 Å². The lowest BCUT2D eigenvalue weighted by molar-refractivity contribution is 0.0101. The Morgan fingerprint density at radius 1 is 1.09 bits per heavy atom. The smallest absolute Gasteiger partial charge is 0.137 e. The van der Waals surface area contributed by atoms with Gasteiger partial charge in [0.1, 0.15) is 29.2 Å². The van der Waals surface area contributed by atoms with Crippen molar-refractivity contribution in [2.24, 2.45) is 10.8 Å². The average molecular weight is 468 g/mol. The number of fused-ring (bicyclic) bond motifs is 3. The van der Waals surface area contributed by atoms with E-state index >= 15 is 0 Å². The number of allylic oxidation sites excluding steroid dienone is 6. The summed E-state index contributed by atoms with van der Waals surface area (Å²) in [6.07, 6.45) is 10.1. The van der Waals surface area contributed by atoms with Gasteiger partial charge in [0.05, 0.1) is 0 Å². The van der Waals surface area contributed by atoms with Crippen LogP contribution >= 0.6 is 0 Å². The lowest BCUT2D eigenvalue weighted by atomic mass is 9.65. The van der Waals surface area contributed by atoms with Gasteiger partial charge in [-0.3, -0.25) is 4.90 Å². The maximum atomic E-state index is 9.39. The lowest BCUT2D eigenvalue weighted by Crippen LogP contribution is -2.52. The van der Waals surface area contributed by atoms with E-state index in [2.05, 4.69) is 77.6 Å². The van der Waals surface area contributed by atoms with E-state index in [-0.39, 0.29) is 21.8 Å². The summed E-state index contributed by atoms with van der Waals surface area (Å²) in [6, 6.07) is 11.3. The Morgan fingerprint density at radius 3 is 2.46 bits per heavy atom. The molecular weight excluding hydrogens is 430 g/mol. The van der Waals surface area contributed by atoms with E-state index in [0.717, 1.165) is 17.9 Å². The standard InChI is InChI=1S/C31H37N3O/c1-29(2,3)27-17-22(23(18-32)19-33)16-24(35-27)11-9-21-10-12-25-26(15-21)31(6,7)20-34-14-8-13-30(4,5)28(25)34/h9-12,15-17,28H,8,13-14,20H2,1-7H3. The minimum atomic E-state index is -0.247. The van der Waals surface area contributed by atoms with Gasteiger partial charge in [0, 0.05) is 29.0 Å². The minimum Gasteiger partial charge on any atom is -0.461 e. The summed E-state index contributed by atoms with van der Waals surface area (Å²) < 4.78 is 6.17. The summed E-state index contributed by atoms with van der Waals surface area (Å²) in [5, 5.41) is 18.8. The molecule has 1 aromatic carbocycles. The quantitative estimate of drug-likeness (QED) is 0.427. The molecule has 0 bridgehead atoms. The molecule has 1 fully saturated rings. The van der Waals surface area contributed by atoms with Crippen LogP contribution in [0.5, 0.6) is 0 Å².